The highest BCUT2D eigenvalue weighted by Gasteiger charge is 2.17. The molecule has 28 heavy (non-hydrogen) atoms. The molecule has 4 aromatic rings. The van der Waals surface area contributed by atoms with Crippen molar-refractivity contribution in [2.75, 3.05) is 0 Å². The van der Waals surface area contributed by atoms with E-state index in [4.69, 9.17) is 27.6 Å². The molecule has 0 aliphatic heterocycles. The molecular formula is C17H10Cl2F2N6O. The molecule has 0 bridgehead atoms. The molecule has 2 aromatic carbocycles. The van der Waals surface area contributed by atoms with Gasteiger partial charge >= 0.3 is 6.43 Å². The van der Waals surface area contributed by atoms with Gasteiger partial charge in [-0.2, -0.15) is 13.6 Å². The third kappa shape index (κ3) is 3.85. The van der Waals surface area contributed by atoms with Crippen LogP contribution in [0.1, 0.15) is 17.9 Å². The Balaban J connectivity index is 1.49. The van der Waals surface area contributed by atoms with Crippen molar-refractivity contribution in [2.24, 2.45) is 0 Å². The smallest absolute Gasteiger partial charge is 0.314 e. The summed E-state index contributed by atoms with van der Waals surface area (Å²) in [5.74, 6) is -0.302. The van der Waals surface area contributed by atoms with Crippen molar-refractivity contribution in [1.29, 1.82) is 0 Å². The molecule has 0 aliphatic rings. The molecule has 7 nitrogen and oxygen atoms in total. The molecule has 2 heterocycles. The zero-order valence-electron chi connectivity index (χ0n) is 13.9. The maximum absolute atomic E-state index is 12.5. The van der Waals surface area contributed by atoms with Crippen molar-refractivity contribution < 1.29 is 13.2 Å². The summed E-state index contributed by atoms with van der Waals surface area (Å²) in [6, 6.07) is 11.9. The first-order valence-electron chi connectivity index (χ1n) is 7.93. The molecule has 0 amide bonds. The van der Waals surface area contributed by atoms with Crippen LogP contribution in [-0.2, 0) is 6.54 Å². The van der Waals surface area contributed by atoms with E-state index in [0.29, 0.717) is 33.5 Å². The van der Waals surface area contributed by atoms with Gasteiger partial charge in [-0.3, -0.25) is 0 Å². The molecule has 0 saturated heterocycles. The van der Waals surface area contributed by atoms with Crippen LogP contribution in [0.3, 0.4) is 0 Å². The van der Waals surface area contributed by atoms with Crippen molar-refractivity contribution in [1.82, 2.24) is 30.4 Å². The van der Waals surface area contributed by atoms with Gasteiger partial charge in [-0.05, 0) is 41.1 Å². The van der Waals surface area contributed by atoms with Gasteiger partial charge in [0.05, 0.1) is 11.6 Å². The number of hydrogen-bond donors (Lipinski definition) is 0. The van der Waals surface area contributed by atoms with E-state index in [-0.39, 0.29) is 5.89 Å². The van der Waals surface area contributed by atoms with Gasteiger partial charge in [0, 0.05) is 16.1 Å². The standard InChI is InChI=1S/C17H10Cl2F2N6O/c18-11-5-6-12(13(19)7-11)15-22-26-27(25-15)8-9-1-3-10(4-2-9)16-23-24-17(28-16)14(20)21/h1-7,14H,8H2. The van der Waals surface area contributed by atoms with Crippen molar-refractivity contribution >= 4 is 23.2 Å². The van der Waals surface area contributed by atoms with Crippen molar-refractivity contribution in [2.45, 2.75) is 13.0 Å². The minimum absolute atomic E-state index is 0.0281. The summed E-state index contributed by atoms with van der Waals surface area (Å²) in [6.45, 7) is 0.352. The predicted molar refractivity (Wildman–Crippen MR) is 97.1 cm³/mol. The molecule has 0 spiro atoms. The number of benzene rings is 2. The SMILES string of the molecule is FC(F)c1nnc(-c2ccc(Cn3nnc(-c4ccc(Cl)cc4Cl)n3)cc2)o1. The first kappa shape index (κ1) is 18.5. The Labute approximate surface area is 166 Å². The minimum atomic E-state index is -2.80. The van der Waals surface area contributed by atoms with Crippen LogP contribution in [0, 0.1) is 0 Å². The summed E-state index contributed by atoms with van der Waals surface area (Å²) in [5, 5.41) is 20.2. The van der Waals surface area contributed by atoms with E-state index in [1.165, 1.54) is 4.80 Å². The molecule has 0 fully saturated rings. The molecular weight excluding hydrogens is 413 g/mol. The summed E-state index contributed by atoms with van der Waals surface area (Å²) >= 11 is 12.1. The molecule has 0 radical (unpaired) electrons. The fourth-order valence-electron chi connectivity index (χ4n) is 2.44. The summed E-state index contributed by atoms with van der Waals surface area (Å²) in [4.78, 5) is 1.41. The highest BCUT2D eigenvalue weighted by atomic mass is 35.5. The van der Waals surface area contributed by atoms with Gasteiger partial charge < -0.3 is 4.42 Å². The van der Waals surface area contributed by atoms with Crippen LogP contribution in [0.4, 0.5) is 8.78 Å². The fraction of sp³-hybridized carbons (Fsp3) is 0.118. The normalized spacial score (nSPS) is 11.3. The summed E-state index contributed by atoms with van der Waals surface area (Å²) in [7, 11) is 0. The minimum Gasteiger partial charge on any atom is -0.415 e. The quantitative estimate of drug-likeness (QED) is 0.464. The number of hydrogen-bond acceptors (Lipinski definition) is 6. The Kier molecular flexibility index (Phi) is 5.01. The second-order valence-corrected chi connectivity index (χ2v) is 6.55. The topological polar surface area (TPSA) is 82.5 Å². The van der Waals surface area contributed by atoms with Crippen LogP contribution < -0.4 is 0 Å². The molecule has 142 valence electrons. The van der Waals surface area contributed by atoms with E-state index in [2.05, 4.69) is 25.6 Å². The number of tetrazole rings is 1. The van der Waals surface area contributed by atoms with Gasteiger partial charge in [0.1, 0.15) is 0 Å². The highest BCUT2D eigenvalue weighted by molar-refractivity contribution is 6.36. The summed E-state index contributed by atoms with van der Waals surface area (Å²) in [6.07, 6.45) is -2.80. The third-order valence-corrected chi connectivity index (χ3v) is 4.32. The zero-order valence-corrected chi connectivity index (χ0v) is 15.4. The van der Waals surface area contributed by atoms with Crippen molar-refractivity contribution in [3.63, 3.8) is 0 Å². The molecule has 4 rings (SSSR count). The van der Waals surface area contributed by atoms with Gasteiger partial charge in [-0.1, -0.05) is 35.3 Å². The second kappa shape index (κ2) is 7.61. The average molecular weight is 423 g/mol. The molecule has 0 saturated carbocycles. The molecule has 0 atom stereocenters. The summed E-state index contributed by atoms with van der Waals surface area (Å²) < 4.78 is 30.0. The Morgan fingerprint density at radius 2 is 1.79 bits per heavy atom. The maximum Gasteiger partial charge on any atom is 0.314 e. The van der Waals surface area contributed by atoms with Gasteiger partial charge in [-0.25, -0.2) is 0 Å². The van der Waals surface area contributed by atoms with E-state index in [0.717, 1.165) is 5.56 Å². The lowest BCUT2D eigenvalue weighted by Gasteiger charge is -2.01. The largest absolute Gasteiger partial charge is 0.415 e. The zero-order chi connectivity index (χ0) is 19.7. The predicted octanol–water partition coefficient (Wildman–Crippen LogP) is 4.68. The van der Waals surface area contributed by atoms with Gasteiger partial charge in [0.15, 0.2) is 0 Å². The van der Waals surface area contributed by atoms with Crippen LogP contribution in [0.5, 0.6) is 0 Å². The van der Waals surface area contributed by atoms with Gasteiger partial charge in [0.2, 0.25) is 11.7 Å². The second-order valence-electron chi connectivity index (χ2n) is 5.71. The first-order chi connectivity index (χ1) is 13.5. The lowest BCUT2D eigenvalue weighted by Crippen LogP contribution is -2.04. The Bertz CT molecular complexity index is 1110. The molecule has 11 heteroatoms. The molecule has 2 aromatic heterocycles. The molecule has 0 unspecified atom stereocenters. The molecule has 0 aliphatic carbocycles. The lowest BCUT2D eigenvalue weighted by molar-refractivity contribution is 0.116. The number of nitrogens with zero attached hydrogens (tertiary/aromatic N) is 6. The fourth-order valence-corrected chi connectivity index (χ4v) is 2.94. The Hall–Kier alpha value is -2.91. The van der Waals surface area contributed by atoms with Crippen molar-refractivity contribution in [3.8, 4) is 22.8 Å². The van der Waals surface area contributed by atoms with Crippen LogP contribution >= 0.6 is 23.2 Å². The number of rotatable bonds is 5. The lowest BCUT2D eigenvalue weighted by atomic mass is 10.1. The summed E-state index contributed by atoms with van der Waals surface area (Å²) in [5.41, 5.74) is 2.02. The number of alkyl halides is 2. The maximum atomic E-state index is 12.5. The van der Waals surface area contributed by atoms with Gasteiger partial charge in [-0.15, -0.1) is 20.4 Å². The van der Waals surface area contributed by atoms with Crippen LogP contribution in [0.2, 0.25) is 10.0 Å². The van der Waals surface area contributed by atoms with Crippen LogP contribution in [0.25, 0.3) is 22.8 Å². The third-order valence-electron chi connectivity index (χ3n) is 3.78. The molecule has 0 N–H and O–H groups in total. The van der Waals surface area contributed by atoms with E-state index in [1.807, 2.05) is 0 Å². The van der Waals surface area contributed by atoms with Crippen molar-refractivity contribution in [3.05, 3.63) is 64.0 Å². The average Bonchev–Trinajstić information content (AvgIpc) is 3.32. The monoisotopic (exact) mass is 422 g/mol. The number of aromatic nitrogens is 6. The van der Waals surface area contributed by atoms with E-state index in [1.54, 1.807) is 42.5 Å². The Morgan fingerprint density at radius 1 is 1.00 bits per heavy atom. The van der Waals surface area contributed by atoms with Crippen LogP contribution in [-0.4, -0.2) is 30.4 Å². The van der Waals surface area contributed by atoms with Gasteiger partial charge in [0.25, 0.3) is 5.89 Å². The highest BCUT2D eigenvalue weighted by Crippen LogP contribution is 2.28. The van der Waals surface area contributed by atoms with Crippen LogP contribution in [0.15, 0.2) is 46.9 Å². The van der Waals surface area contributed by atoms with E-state index in [9.17, 15) is 8.78 Å². The number of halogens is 4. The van der Waals surface area contributed by atoms with E-state index >= 15 is 0 Å². The first-order valence-corrected chi connectivity index (χ1v) is 8.69. The van der Waals surface area contributed by atoms with E-state index < -0.39 is 12.3 Å². The Morgan fingerprint density at radius 3 is 2.46 bits per heavy atom.